The van der Waals surface area contributed by atoms with Crippen molar-refractivity contribution in [3.63, 3.8) is 0 Å². The standard InChI is InChI=1S/C28H58N8O14S/c29-2-1-4-35-9-16-14(38)7-12(33)26(46-16)48-23-11(32)6-13(36-51(43,44)5-3-30)19(39)25(23)50-28-22(42)24(17(10-37)47-28)49-27-18(34)21(41)20(40)15(8-31)45-27/h11-28,35-42H,1-10,29-34H2/t11-,12+,13+,14-,15-,16+,17+,18+,19-,20+,21+,22+,23+,24+,25+,26+,27+,28-/m0/s1. The molecule has 0 aromatic heterocycles. The predicted octanol–water partition coefficient (Wildman–Crippen LogP) is -8.97. The molecule has 4 rings (SSSR count). The third-order valence-corrected chi connectivity index (χ3v) is 11.0. The molecule has 3 saturated heterocycles. The van der Waals surface area contributed by atoms with Gasteiger partial charge in [-0.25, -0.2) is 13.1 Å². The van der Waals surface area contributed by atoms with Crippen LogP contribution in [-0.2, 0) is 38.4 Å². The summed E-state index contributed by atoms with van der Waals surface area (Å²) in [5, 5.41) is 67.5. The highest BCUT2D eigenvalue weighted by Crippen LogP contribution is 2.34. The Kier molecular flexibility index (Phi) is 16.1. The molecule has 0 amide bonds. The first-order chi connectivity index (χ1) is 24.2. The number of sulfonamides is 1. The van der Waals surface area contributed by atoms with E-state index in [-0.39, 0.29) is 32.5 Å². The Hall–Kier alpha value is -0.850. The van der Waals surface area contributed by atoms with Gasteiger partial charge in [0.15, 0.2) is 18.9 Å². The van der Waals surface area contributed by atoms with E-state index in [0.717, 1.165) is 0 Å². The summed E-state index contributed by atoms with van der Waals surface area (Å²) >= 11 is 0. The van der Waals surface area contributed by atoms with Crippen molar-refractivity contribution in [3.8, 4) is 0 Å². The normalized spacial score (nSPS) is 45.3. The molecule has 4 aliphatic rings. The first-order valence-electron chi connectivity index (χ1n) is 17.2. The lowest BCUT2D eigenvalue weighted by atomic mass is 9.84. The second-order valence-electron chi connectivity index (χ2n) is 13.4. The van der Waals surface area contributed by atoms with Crippen LogP contribution in [0.15, 0.2) is 0 Å². The molecular weight excluding hydrogens is 704 g/mol. The van der Waals surface area contributed by atoms with Gasteiger partial charge in [0.25, 0.3) is 0 Å². The minimum atomic E-state index is -3.97. The van der Waals surface area contributed by atoms with Gasteiger partial charge in [-0.05, 0) is 32.4 Å². The summed E-state index contributed by atoms with van der Waals surface area (Å²) < 4.78 is 63.3. The molecule has 0 aromatic rings. The van der Waals surface area contributed by atoms with Crippen molar-refractivity contribution in [1.82, 2.24) is 10.0 Å². The zero-order chi connectivity index (χ0) is 37.6. The lowest BCUT2D eigenvalue weighted by molar-refractivity contribution is -0.296. The van der Waals surface area contributed by atoms with Crippen molar-refractivity contribution in [3.05, 3.63) is 0 Å². The van der Waals surface area contributed by atoms with Crippen LogP contribution in [0.2, 0.25) is 0 Å². The van der Waals surface area contributed by atoms with Gasteiger partial charge in [0.05, 0.1) is 48.8 Å². The highest BCUT2D eigenvalue weighted by Gasteiger charge is 2.54. The quantitative estimate of drug-likeness (QED) is 0.0612. The molecule has 4 fully saturated rings. The summed E-state index contributed by atoms with van der Waals surface area (Å²) in [6.45, 7) is 0.218. The molecule has 0 spiro atoms. The zero-order valence-electron chi connectivity index (χ0n) is 28.3. The second kappa shape index (κ2) is 19.1. The average molecular weight is 763 g/mol. The van der Waals surface area contributed by atoms with E-state index in [1.54, 1.807) is 0 Å². The number of aliphatic hydroxyl groups is 6. The third-order valence-electron chi connectivity index (χ3n) is 9.57. The van der Waals surface area contributed by atoms with Crippen LogP contribution in [-0.4, -0.2) is 194 Å². The molecule has 0 unspecified atom stereocenters. The van der Waals surface area contributed by atoms with E-state index in [4.69, 9.17) is 62.8 Å². The molecule has 1 aliphatic carbocycles. The molecule has 51 heavy (non-hydrogen) atoms. The van der Waals surface area contributed by atoms with Crippen molar-refractivity contribution in [2.75, 3.05) is 45.1 Å². The number of hydrogen-bond acceptors (Lipinski definition) is 21. The SMILES string of the molecule is NCCCNC[C@H]1O[C@H](O[C@H]2[C@H](O[C@@H]3O[C@H](CO)[C@@H](O[C@H]4O[C@@H](CN)[C@@H](O)[C@H](O)[C@H]4N)[C@H]3O)[C@@H](O)[C@H](NS(=O)(=O)CCN)C[C@@H]2N)[C@H](N)C[C@@H]1O. The van der Waals surface area contributed by atoms with Crippen molar-refractivity contribution < 1.29 is 67.5 Å². The van der Waals surface area contributed by atoms with E-state index in [0.29, 0.717) is 19.5 Å². The molecule has 3 aliphatic heterocycles. The van der Waals surface area contributed by atoms with Crippen molar-refractivity contribution in [1.29, 1.82) is 0 Å². The molecule has 18 atom stereocenters. The molecule has 20 N–H and O–H groups in total. The molecular formula is C28H58N8O14S. The third kappa shape index (κ3) is 10.5. The molecule has 23 heteroatoms. The first kappa shape index (κ1) is 42.9. The fourth-order valence-corrected chi connectivity index (χ4v) is 7.82. The Morgan fingerprint density at radius 3 is 2.00 bits per heavy atom. The topological polar surface area (TPSA) is 391 Å². The van der Waals surface area contributed by atoms with E-state index in [9.17, 15) is 39.1 Å². The largest absolute Gasteiger partial charge is 0.394 e. The van der Waals surface area contributed by atoms with Gasteiger partial charge in [0.2, 0.25) is 10.0 Å². The van der Waals surface area contributed by atoms with Gasteiger partial charge >= 0.3 is 0 Å². The average Bonchev–Trinajstić information content (AvgIpc) is 3.37. The van der Waals surface area contributed by atoms with E-state index < -0.39 is 133 Å². The molecule has 1 saturated carbocycles. The van der Waals surface area contributed by atoms with Gasteiger partial charge in [0.1, 0.15) is 48.8 Å². The number of nitrogens with two attached hydrogens (primary N) is 6. The molecule has 300 valence electrons. The number of rotatable bonds is 17. The Labute approximate surface area is 296 Å². The molecule has 0 radical (unpaired) electrons. The van der Waals surface area contributed by atoms with Crippen LogP contribution in [0.25, 0.3) is 0 Å². The van der Waals surface area contributed by atoms with E-state index in [1.165, 1.54) is 0 Å². The fraction of sp³-hybridized carbons (Fsp3) is 1.00. The van der Waals surface area contributed by atoms with Gasteiger partial charge in [-0.1, -0.05) is 0 Å². The van der Waals surface area contributed by atoms with Crippen LogP contribution in [0.3, 0.4) is 0 Å². The summed E-state index contributed by atoms with van der Waals surface area (Å²) in [5.74, 6) is -0.436. The minimum Gasteiger partial charge on any atom is -0.394 e. The van der Waals surface area contributed by atoms with Crippen LogP contribution >= 0.6 is 0 Å². The van der Waals surface area contributed by atoms with Gasteiger partial charge in [0, 0.05) is 25.7 Å². The zero-order valence-corrected chi connectivity index (χ0v) is 29.1. The molecule has 0 aromatic carbocycles. The number of ether oxygens (including phenoxy) is 6. The van der Waals surface area contributed by atoms with Gasteiger partial charge in [-0.2, -0.15) is 0 Å². The van der Waals surface area contributed by atoms with E-state index in [1.807, 2.05) is 0 Å². The molecule has 0 bridgehead atoms. The first-order valence-corrected chi connectivity index (χ1v) is 18.8. The number of nitrogens with one attached hydrogen (secondary N) is 2. The van der Waals surface area contributed by atoms with Crippen LogP contribution in [0, 0.1) is 0 Å². The maximum Gasteiger partial charge on any atom is 0.213 e. The predicted molar refractivity (Wildman–Crippen MR) is 176 cm³/mol. The van der Waals surface area contributed by atoms with Crippen molar-refractivity contribution in [2.24, 2.45) is 34.4 Å². The summed E-state index contributed by atoms with van der Waals surface area (Å²) in [7, 11) is -3.97. The Bertz CT molecular complexity index is 1170. The smallest absolute Gasteiger partial charge is 0.213 e. The summed E-state index contributed by atoms with van der Waals surface area (Å²) in [4.78, 5) is 0. The van der Waals surface area contributed by atoms with Crippen LogP contribution in [0.5, 0.6) is 0 Å². The maximum atomic E-state index is 12.7. The van der Waals surface area contributed by atoms with Gasteiger partial charge < -0.3 is 98.8 Å². The van der Waals surface area contributed by atoms with E-state index in [2.05, 4.69) is 10.0 Å². The summed E-state index contributed by atoms with van der Waals surface area (Å²) in [6, 6.07) is -4.34. The summed E-state index contributed by atoms with van der Waals surface area (Å²) in [5.41, 5.74) is 35.5. The van der Waals surface area contributed by atoms with E-state index >= 15 is 0 Å². The van der Waals surface area contributed by atoms with Crippen molar-refractivity contribution in [2.45, 2.75) is 129 Å². The Morgan fingerprint density at radius 1 is 0.706 bits per heavy atom. The Balaban J connectivity index is 1.55. The summed E-state index contributed by atoms with van der Waals surface area (Å²) in [6.07, 6.45) is -17.9. The second-order valence-corrected chi connectivity index (χ2v) is 15.3. The van der Waals surface area contributed by atoms with Crippen LogP contribution in [0.4, 0.5) is 0 Å². The number of aliphatic hydroxyl groups excluding tert-OH is 6. The lowest BCUT2D eigenvalue weighted by Gasteiger charge is -2.47. The minimum absolute atomic E-state index is 0.0925. The fourth-order valence-electron chi connectivity index (χ4n) is 6.69. The van der Waals surface area contributed by atoms with Crippen molar-refractivity contribution >= 4 is 10.0 Å². The maximum absolute atomic E-state index is 12.7. The monoisotopic (exact) mass is 762 g/mol. The molecule has 3 heterocycles. The van der Waals surface area contributed by atoms with Crippen LogP contribution in [0.1, 0.15) is 19.3 Å². The number of hydrogen-bond donors (Lipinski definition) is 14. The van der Waals surface area contributed by atoms with Gasteiger partial charge in [-0.3, -0.25) is 0 Å². The lowest BCUT2D eigenvalue weighted by Crippen LogP contribution is -2.67. The van der Waals surface area contributed by atoms with Gasteiger partial charge in [-0.15, -0.1) is 0 Å². The van der Waals surface area contributed by atoms with Crippen LogP contribution < -0.4 is 44.4 Å². The molecule has 22 nitrogen and oxygen atoms in total. The highest BCUT2D eigenvalue weighted by molar-refractivity contribution is 7.89. The Morgan fingerprint density at radius 2 is 1.35 bits per heavy atom. The highest BCUT2D eigenvalue weighted by atomic mass is 32.2.